The lowest BCUT2D eigenvalue weighted by Gasteiger charge is -2.08. The highest BCUT2D eigenvalue weighted by Crippen LogP contribution is 2.31. The molecule has 13 heavy (non-hydrogen) atoms. The molecule has 0 radical (unpaired) electrons. The van der Waals surface area contributed by atoms with Gasteiger partial charge in [0, 0.05) is 5.56 Å². The Morgan fingerprint density at radius 2 is 2.23 bits per heavy atom. The summed E-state index contributed by atoms with van der Waals surface area (Å²) in [5.41, 5.74) is 0.106. The van der Waals surface area contributed by atoms with Crippen molar-refractivity contribution < 1.29 is 14.3 Å². The van der Waals surface area contributed by atoms with E-state index < -0.39 is 16.9 Å². The number of carbonyl (C=O) groups excluding carboxylic acids is 1. The number of phenols is 1. The molecule has 1 atom stereocenters. The van der Waals surface area contributed by atoms with E-state index in [2.05, 4.69) is 0 Å². The lowest BCUT2D eigenvalue weighted by Crippen LogP contribution is -2.02. The van der Waals surface area contributed by atoms with Crippen molar-refractivity contribution in [3.05, 3.63) is 29.6 Å². The molecule has 1 rings (SSSR count). The molecule has 0 heterocycles. The minimum Gasteiger partial charge on any atom is -0.505 e. The molecule has 0 saturated carbocycles. The SMILES string of the molecule is CC(=O)C(Cl)c1cccc(F)c1O. The largest absolute Gasteiger partial charge is 0.505 e. The third-order valence-electron chi connectivity index (χ3n) is 1.65. The Bertz CT molecular complexity index is 338. The summed E-state index contributed by atoms with van der Waals surface area (Å²) in [6.07, 6.45) is 0. The summed E-state index contributed by atoms with van der Waals surface area (Å²) in [6.45, 7) is 1.28. The maximum Gasteiger partial charge on any atom is 0.165 e. The van der Waals surface area contributed by atoms with Crippen LogP contribution in [0, 0.1) is 5.82 Å². The average molecular weight is 203 g/mol. The molecule has 0 bridgehead atoms. The van der Waals surface area contributed by atoms with Gasteiger partial charge in [-0.1, -0.05) is 12.1 Å². The Hall–Kier alpha value is -1.09. The molecule has 0 aliphatic heterocycles. The summed E-state index contributed by atoms with van der Waals surface area (Å²) in [7, 11) is 0. The van der Waals surface area contributed by atoms with E-state index in [-0.39, 0.29) is 11.3 Å². The van der Waals surface area contributed by atoms with Crippen molar-refractivity contribution in [1.82, 2.24) is 0 Å². The predicted octanol–water partition coefficient (Wildman–Crippen LogP) is 2.40. The Labute approximate surface area is 80.0 Å². The van der Waals surface area contributed by atoms with Crippen LogP contribution in [0.2, 0.25) is 0 Å². The van der Waals surface area contributed by atoms with Crippen LogP contribution in [-0.4, -0.2) is 10.9 Å². The van der Waals surface area contributed by atoms with Crippen molar-refractivity contribution in [2.24, 2.45) is 0 Å². The van der Waals surface area contributed by atoms with Crippen LogP contribution in [0.4, 0.5) is 4.39 Å². The highest BCUT2D eigenvalue weighted by molar-refractivity contribution is 6.31. The zero-order valence-electron chi connectivity index (χ0n) is 6.92. The number of ketones is 1. The fraction of sp³-hybridized carbons (Fsp3) is 0.222. The first-order valence-corrected chi connectivity index (χ1v) is 4.09. The zero-order valence-corrected chi connectivity index (χ0v) is 7.68. The molecule has 70 valence electrons. The van der Waals surface area contributed by atoms with Crippen molar-refractivity contribution in [1.29, 1.82) is 0 Å². The number of Topliss-reactive ketones (excluding diaryl/α,β-unsaturated/α-hetero) is 1. The van der Waals surface area contributed by atoms with Gasteiger partial charge in [-0.2, -0.15) is 0 Å². The van der Waals surface area contributed by atoms with Crippen LogP contribution in [0.5, 0.6) is 5.75 Å². The maximum atomic E-state index is 12.8. The van der Waals surface area contributed by atoms with Crippen LogP contribution < -0.4 is 0 Å². The average Bonchev–Trinajstić information content (AvgIpc) is 2.08. The summed E-state index contributed by atoms with van der Waals surface area (Å²) in [5, 5.41) is 8.22. The monoisotopic (exact) mass is 202 g/mol. The molecule has 0 fully saturated rings. The van der Waals surface area contributed by atoms with E-state index in [1.54, 1.807) is 0 Å². The zero-order chi connectivity index (χ0) is 10.0. The van der Waals surface area contributed by atoms with Crippen molar-refractivity contribution in [2.45, 2.75) is 12.3 Å². The van der Waals surface area contributed by atoms with Crippen LogP contribution in [0.1, 0.15) is 17.9 Å². The lowest BCUT2D eigenvalue weighted by atomic mass is 10.1. The second-order valence-corrected chi connectivity index (χ2v) is 3.09. The molecule has 1 unspecified atom stereocenters. The molecule has 4 heteroatoms. The number of phenolic OH excluding ortho intramolecular Hbond substituents is 1. The van der Waals surface area contributed by atoms with E-state index in [0.717, 1.165) is 6.07 Å². The van der Waals surface area contributed by atoms with Crippen molar-refractivity contribution in [2.75, 3.05) is 0 Å². The van der Waals surface area contributed by atoms with Gasteiger partial charge in [0.25, 0.3) is 0 Å². The normalized spacial score (nSPS) is 12.5. The van der Waals surface area contributed by atoms with E-state index in [9.17, 15) is 14.3 Å². The summed E-state index contributed by atoms with van der Waals surface area (Å²) in [5.74, 6) is -1.66. The van der Waals surface area contributed by atoms with Crippen LogP contribution in [-0.2, 0) is 4.79 Å². The van der Waals surface area contributed by atoms with Crippen LogP contribution in [0.3, 0.4) is 0 Å². The maximum absolute atomic E-state index is 12.8. The minimum atomic E-state index is -0.990. The van der Waals surface area contributed by atoms with Gasteiger partial charge in [0.15, 0.2) is 17.3 Å². The smallest absolute Gasteiger partial charge is 0.165 e. The third-order valence-corrected chi connectivity index (χ3v) is 2.19. The molecule has 0 aliphatic carbocycles. The minimum absolute atomic E-state index is 0.106. The fourth-order valence-corrected chi connectivity index (χ4v) is 1.13. The lowest BCUT2D eigenvalue weighted by molar-refractivity contribution is -0.116. The van der Waals surface area contributed by atoms with Gasteiger partial charge in [-0.25, -0.2) is 4.39 Å². The summed E-state index contributed by atoms with van der Waals surface area (Å²) in [6, 6.07) is 3.91. The van der Waals surface area contributed by atoms with E-state index in [1.807, 2.05) is 0 Å². The van der Waals surface area contributed by atoms with E-state index in [4.69, 9.17) is 11.6 Å². The number of hydrogen-bond acceptors (Lipinski definition) is 2. The molecular formula is C9H8ClFO2. The summed E-state index contributed by atoms with van der Waals surface area (Å²) in [4.78, 5) is 10.8. The van der Waals surface area contributed by atoms with E-state index >= 15 is 0 Å². The molecule has 1 aromatic rings. The molecular weight excluding hydrogens is 195 g/mol. The molecule has 0 aliphatic rings. The van der Waals surface area contributed by atoms with E-state index in [0.29, 0.717) is 0 Å². The summed E-state index contributed by atoms with van der Waals surface area (Å²) >= 11 is 5.64. The molecule has 1 aromatic carbocycles. The number of hydrogen-bond donors (Lipinski definition) is 1. The third kappa shape index (κ3) is 1.98. The number of aromatic hydroxyl groups is 1. The van der Waals surface area contributed by atoms with E-state index in [1.165, 1.54) is 19.1 Å². The second kappa shape index (κ2) is 3.75. The number of halogens is 2. The van der Waals surface area contributed by atoms with Crippen LogP contribution in [0.15, 0.2) is 18.2 Å². The van der Waals surface area contributed by atoms with Gasteiger partial charge in [0.2, 0.25) is 0 Å². The van der Waals surface area contributed by atoms with Gasteiger partial charge >= 0.3 is 0 Å². The second-order valence-electron chi connectivity index (χ2n) is 2.65. The van der Waals surface area contributed by atoms with Gasteiger partial charge in [-0.05, 0) is 13.0 Å². The van der Waals surface area contributed by atoms with Crippen molar-refractivity contribution in [3.8, 4) is 5.75 Å². The number of rotatable bonds is 2. The Kier molecular flexibility index (Phi) is 2.88. The first-order valence-electron chi connectivity index (χ1n) is 3.66. The number of carbonyl (C=O) groups is 1. The van der Waals surface area contributed by atoms with Gasteiger partial charge < -0.3 is 5.11 Å². The number of para-hydroxylation sites is 1. The number of benzene rings is 1. The quantitative estimate of drug-likeness (QED) is 0.748. The Morgan fingerprint density at radius 1 is 1.62 bits per heavy atom. The van der Waals surface area contributed by atoms with Gasteiger partial charge in [0.1, 0.15) is 5.38 Å². The van der Waals surface area contributed by atoms with Gasteiger partial charge in [-0.3, -0.25) is 4.79 Å². The van der Waals surface area contributed by atoms with Gasteiger partial charge in [0.05, 0.1) is 0 Å². The molecule has 0 aromatic heterocycles. The number of alkyl halides is 1. The standard InChI is InChI=1S/C9H8ClFO2/c1-5(12)8(10)6-3-2-4-7(11)9(6)13/h2-4,8,13H,1H3. The highest BCUT2D eigenvalue weighted by atomic mass is 35.5. The molecule has 2 nitrogen and oxygen atoms in total. The van der Waals surface area contributed by atoms with Crippen LogP contribution in [0.25, 0.3) is 0 Å². The molecule has 0 saturated heterocycles. The predicted molar refractivity (Wildman–Crippen MR) is 47.3 cm³/mol. The van der Waals surface area contributed by atoms with Crippen LogP contribution >= 0.6 is 11.6 Å². The summed E-state index contributed by atoms with van der Waals surface area (Å²) < 4.78 is 12.8. The molecule has 1 N–H and O–H groups in total. The Balaban J connectivity index is 3.15. The van der Waals surface area contributed by atoms with Crippen molar-refractivity contribution in [3.63, 3.8) is 0 Å². The van der Waals surface area contributed by atoms with Gasteiger partial charge in [-0.15, -0.1) is 11.6 Å². The Morgan fingerprint density at radius 3 is 2.77 bits per heavy atom. The van der Waals surface area contributed by atoms with Crippen molar-refractivity contribution >= 4 is 17.4 Å². The topological polar surface area (TPSA) is 37.3 Å². The highest BCUT2D eigenvalue weighted by Gasteiger charge is 2.18. The molecule has 0 spiro atoms. The first kappa shape index (κ1) is 9.99. The molecule has 0 amide bonds. The fourth-order valence-electron chi connectivity index (χ4n) is 0.956. The first-order chi connectivity index (χ1) is 6.04.